The van der Waals surface area contributed by atoms with Gasteiger partial charge in [-0.2, -0.15) is 0 Å². The molecule has 0 saturated carbocycles. The molecule has 252 valence electrons. The van der Waals surface area contributed by atoms with Crippen LogP contribution in [0.2, 0.25) is 0 Å². The largest absolute Gasteiger partial charge is 0.540 e. The maximum Gasteiger partial charge on any atom is 0.540 e. The molecule has 4 aromatic carbocycles. The van der Waals surface area contributed by atoms with E-state index in [9.17, 15) is 28.7 Å². The Morgan fingerprint density at radius 3 is 1.88 bits per heavy atom. The number of para-hydroxylation sites is 2. The number of fused-ring (bicyclic) bond motifs is 3. The van der Waals surface area contributed by atoms with E-state index >= 15 is 0 Å². The summed E-state index contributed by atoms with van der Waals surface area (Å²) in [5.74, 6) is 2.34. The van der Waals surface area contributed by atoms with E-state index in [1.54, 1.807) is 49.7 Å². The van der Waals surface area contributed by atoms with Crippen LogP contribution in [-0.2, 0) is 27.4 Å². The summed E-state index contributed by atoms with van der Waals surface area (Å²) in [6.45, 7) is -0.953. The van der Waals surface area contributed by atoms with Crippen LogP contribution in [0.5, 0.6) is 23.0 Å². The van der Waals surface area contributed by atoms with Crippen LogP contribution in [0.4, 0.5) is 0 Å². The Hall–Kier alpha value is -3.67. The van der Waals surface area contributed by atoms with Crippen molar-refractivity contribution in [1.82, 2.24) is 9.68 Å². The van der Waals surface area contributed by atoms with E-state index in [-0.39, 0.29) is 6.54 Å². The topological polar surface area (TPSA) is 171 Å². The first-order valence-corrected chi connectivity index (χ1v) is 20.3. The van der Waals surface area contributed by atoms with Crippen molar-refractivity contribution in [1.29, 1.82) is 0 Å². The summed E-state index contributed by atoms with van der Waals surface area (Å²) in [5, 5.41) is 4.41. The van der Waals surface area contributed by atoms with Crippen molar-refractivity contribution in [3.05, 3.63) is 108 Å². The molecular formula is C31H33N3O10P3S+. The van der Waals surface area contributed by atoms with Gasteiger partial charge < -0.3 is 33.8 Å². The molecule has 1 atom stereocenters. The first-order chi connectivity index (χ1) is 22.8. The minimum atomic E-state index is -4.49. The SMILES string of the molecule is CN(/N=C/c1ccc(OC2Oc3ccccc3-c3ccccc3O2)cc1)[P+](=S)Oc1ccc(CCN(CP(=O)(O)O)CP(=O)(O)O)cc1. The van der Waals surface area contributed by atoms with Crippen LogP contribution >= 0.6 is 22.3 Å². The van der Waals surface area contributed by atoms with Crippen molar-refractivity contribution in [2.75, 3.05) is 26.2 Å². The van der Waals surface area contributed by atoms with Crippen LogP contribution in [0.25, 0.3) is 11.1 Å². The maximum atomic E-state index is 11.4. The highest BCUT2D eigenvalue weighted by molar-refractivity contribution is 8.02. The molecule has 0 radical (unpaired) electrons. The molecule has 1 aliphatic heterocycles. The Balaban J connectivity index is 1.12. The molecule has 0 bridgehead atoms. The predicted molar refractivity (Wildman–Crippen MR) is 185 cm³/mol. The number of rotatable bonds is 14. The van der Waals surface area contributed by atoms with Crippen molar-refractivity contribution in [3.8, 4) is 34.1 Å². The zero-order chi connectivity index (χ0) is 34.3. The summed E-state index contributed by atoms with van der Waals surface area (Å²) in [4.78, 5) is 38.0. The minimum Gasteiger partial charge on any atom is -0.423 e. The lowest BCUT2D eigenvalue weighted by Crippen LogP contribution is -2.29. The second kappa shape index (κ2) is 15.7. The van der Waals surface area contributed by atoms with Crippen molar-refractivity contribution in [3.63, 3.8) is 0 Å². The van der Waals surface area contributed by atoms with Gasteiger partial charge in [0.15, 0.2) is 5.75 Å². The summed E-state index contributed by atoms with van der Waals surface area (Å²) < 4.78 is 48.2. The Kier molecular flexibility index (Phi) is 11.7. The van der Waals surface area contributed by atoms with Gasteiger partial charge >= 0.3 is 28.7 Å². The monoisotopic (exact) mass is 732 g/mol. The lowest BCUT2D eigenvalue weighted by molar-refractivity contribution is -0.138. The summed E-state index contributed by atoms with van der Waals surface area (Å²) in [5.41, 5.74) is 3.41. The normalized spacial score (nSPS) is 13.6. The number of hydrogen-bond donors (Lipinski definition) is 4. The zero-order valence-corrected chi connectivity index (χ0v) is 29.1. The highest BCUT2D eigenvalue weighted by atomic mass is 32.4. The zero-order valence-electron chi connectivity index (χ0n) is 25.6. The standard InChI is InChI=1S/C31H32N3O10P3S/c1-33(45(48)44-26-16-10-23(11-17-26)18-19-34(21-46(35,36)37)22-47(38,39)40)32-20-24-12-14-25(15-13-24)41-31-42-29-8-4-2-6-27(29)28-7-3-5-9-30(28)43-31/h2-17,20,31H,18-19,21-22H2,1H3,(H3-,35,36,37,38,39,40)/p+1/b32-20+. The Labute approximate surface area is 283 Å². The second-order valence-corrected chi connectivity index (χ2v) is 16.1. The minimum absolute atomic E-state index is 0.0416. The maximum absolute atomic E-state index is 11.4. The molecule has 1 aliphatic rings. The van der Waals surface area contributed by atoms with Gasteiger partial charge in [0.1, 0.15) is 29.8 Å². The van der Waals surface area contributed by atoms with Crippen molar-refractivity contribution in [2.24, 2.45) is 5.10 Å². The highest BCUT2D eigenvalue weighted by Gasteiger charge is 2.26. The molecule has 4 N–H and O–H groups in total. The van der Waals surface area contributed by atoms with Gasteiger partial charge in [-0.3, -0.25) is 18.6 Å². The first-order valence-electron chi connectivity index (χ1n) is 14.4. The van der Waals surface area contributed by atoms with Crippen LogP contribution < -0.4 is 18.7 Å². The number of benzene rings is 4. The fourth-order valence-corrected chi connectivity index (χ4v) is 7.28. The fourth-order valence-electron chi connectivity index (χ4n) is 4.66. The van der Waals surface area contributed by atoms with Gasteiger partial charge in [-0.05, 0) is 66.1 Å². The molecule has 0 amide bonds. The van der Waals surface area contributed by atoms with Gasteiger partial charge in [0.05, 0.1) is 13.3 Å². The molecule has 5 rings (SSSR count). The van der Waals surface area contributed by atoms with Crippen LogP contribution in [0.3, 0.4) is 0 Å². The third-order valence-electron chi connectivity index (χ3n) is 6.83. The lowest BCUT2D eigenvalue weighted by Gasteiger charge is -2.22. The van der Waals surface area contributed by atoms with E-state index in [2.05, 4.69) is 5.10 Å². The Morgan fingerprint density at radius 2 is 1.33 bits per heavy atom. The summed E-state index contributed by atoms with van der Waals surface area (Å²) in [6.07, 6.45) is 0.447. The number of hydrazone groups is 1. The molecule has 0 saturated heterocycles. The van der Waals surface area contributed by atoms with Gasteiger partial charge in [0.2, 0.25) is 11.8 Å². The van der Waals surface area contributed by atoms with Crippen LogP contribution in [0.1, 0.15) is 11.1 Å². The van der Waals surface area contributed by atoms with Crippen molar-refractivity contribution in [2.45, 2.75) is 12.9 Å². The van der Waals surface area contributed by atoms with E-state index in [1.807, 2.05) is 60.7 Å². The van der Waals surface area contributed by atoms with E-state index < -0.39 is 41.3 Å². The molecule has 13 nitrogen and oxygen atoms in total. The summed E-state index contributed by atoms with van der Waals surface area (Å²) >= 11 is 5.51. The summed E-state index contributed by atoms with van der Waals surface area (Å²) in [6, 6.07) is 29.5. The Morgan fingerprint density at radius 1 is 0.812 bits per heavy atom. The average molecular weight is 733 g/mol. The smallest absolute Gasteiger partial charge is 0.423 e. The van der Waals surface area contributed by atoms with E-state index in [0.29, 0.717) is 29.4 Å². The van der Waals surface area contributed by atoms with Gasteiger partial charge in [-0.25, -0.2) is 0 Å². The molecule has 1 heterocycles. The number of hydrogen-bond acceptors (Lipinski definition) is 9. The average Bonchev–Trinajstić information content (AvgIpc) is 3.18. The third-order valence-corrected chi connectivity index (χ3v) is 10.2. The molecule has 0 aromatic heterocycles. The Bertz CT molecular complexity index is 1780. The molecule has 0 aliphatic carbocycles. The molecule has 48 heavy (non-hydrogen) atoms. The fraction of sp³-hybridized carbons (Fsp3) is 0.194. The van der Waals surface area contributed by atoms with Gasteiger partial charge in [-0.1, -0.05) is 53.3 Å². The van der Waals surface area contributed by atoms with Gasteiger partial charge in [0.25, 0.3) is 0 Å². The van der Waals surface area contributed by atoms with Crippen molar-refractivity contribution < 1.29 is 47.4 Å². The van der Waals surface area contributed by atoms with Crippen LogP contribution in [-0.4, -0.2) is 68.1 Å². The molecule has 17 heteroatoms. The second-order valence-electron chi connectivity index (χ2n) is 10.7. The lowest BCUT2D eigenvalue weighted by atomic mass is 10.0. The third kappa shape index (κ3) is 10.7. The number of nitrogens with zero attached hydrogens (tertiary/aromatic N) is 3. The molecule has 1 unspecified atom stereocenters. The van der Waals surface area contributed by atoms with Gasteiger partial charge in [0, 0.05) is 17.7 Å². The molecule has 0 fully saturated rings. The highest BCUT2D eigenvalue weighted by Crippen LogP contribution is 2.42. The van der Waals surface area contributed by atoms with Crippen LogP contribution in [0.15, 0.2) is 102 Å². The van der Waals surface area contributed by atoms with E-state index in [4.69, 9.17) is 30.5 Å². The van der Waals surface area contributed by atoms with E-state index in [0.717, 1.165) is 27.2 Å². The summed E-state index contributed by atoms with van der Waals surface area (Å²) in [7, 11) is -8.84. The molecule has 0 spiro atoms. The van der Waals surface area contributed by atoms with Crippen LogP contribution in [0, 0.1) is 0 Å². The first kappa shape index (κ1) is 35.6. The van der Waals surface area contributed by atoms with Crippen molar-refractivity contribution >= 4 is 40.3 Å². The predicted octanol–water partition coefficient (Wildman–Crippen LogP) is 5.72. The molecular weight excluding hydrogens is 699 g/mol. The quantitative estimate of drug-likeness (QED) is 0.0706. The van der Waals surface area contributed by atoms with Gasteiger partial charge in [-0.15, -0.1) is 5.10 Å². The molecule has 4 aromatic rings. The number of ether oxygens (including phenoxy) is 3. The van der Waals surface area contributed by atoms with E-state index in [1.165, 1.54) is 4.78 Å².